The molecule has 0 saturated carbocycles. The summed E-state index contributed by atoms with van der Waals surface area (Å²) in [6, 6.07) is 0.0196. The third-order valence-corrected chi connectivity index (χ3v) is 5.56. The first kappa shape index (κ1) is 9.92. The Morgan fingerprint density at radius 2 is 2.43 bits per heavy atom. The van der Waals surface area contributed by atoms with Crippen molar-refractivity contribution in [1.29, 1.82) is 0 Å². The Morgan fingerprint density at radius 1 is 1.64 bits per heavy atom. The summed E-state index contributed by atoms with van der Waals surface area (Å²) in [5, 5.41) is 5.53. The molecule has 1 aliphatic heterocycles. The zero-order valence-electron chi connectivity index (χ0n) is 7.80. The van der Waals surface area contributed by atoms with E-state index >= 15 is 0 Å². The van der Waals surface area contributed by atoms with Crippen LogP contribution in [0.2, 0.25) is 0 Å². The van der Waals surface area contributed by atoms with Gasteiger partial charge in [-0.2, -0.15) is 0 Å². The molecule has 2 unspecified atom stereocenters. The molecule has 0 radical (unpaired) electrons. The zero-order valence-corrected chi connectivity index (χ0v) is 9.44. The van der Waals surface area contributed by atoms with Crippen molar-refractivity contribution in [1.82, 2.24) is 4.98 Å². The smallest absolute Gasteiger partial charge is 0.182 e. The molecule has 1 saturated heterocycles. The summed E-state index contributed by atoms with van der Waals surface area (Å²) in [4.78, 5) is 4.07. The van der Waals surface area contributed by atoms with Gasteiger partial charge in [0.15, 0.2) is 15.0 Å². The Hall–Kier alpha value is -0.620. The van der Waals surface area contributed by atoms with Crippen LogP contribution >= 0.6 is 11.3 Å². The molecular formula is C8H12N2O2S2. The van der Waals surface area contributed by atoms with Crippen molar-refractivity contribution in [2.24, 2.45) is 0 Å². The van der Waals surface area contributed by atoms with Gasteiger partial charge in [0.25, 0.3) is 0 Å². The van der Waals surface area contributed by atoms with E-state index in [0.717, 1.165) is 5.13 Å². The highest BCUT2D eigenvalue weighted by Crippen LogP contribution is 2.24. The predicted octanol–water partition coefficient (Wildman–Crippen LogP) is 1.13. The van der Waals surface area contributed by atoms with E-state index < -0.39 is 9.84 Å². The SMILES string of the molecule is CC1C(Nc2nccs2)CCS1(=O)=O. The summed E-state index contributed by atoms with van der Waals surface area (Å²) in [6.45, 7) is 1.76. The van der Waals surface area contributed by atoms with E-state index in [2.05, 4.69) is 10.3 Å². The lowest BCUT2D eigenvalue weighted by Gasteiger charge is -2.14. The molecule has 1 N–H and O–H groups in total. The minimum atomic E-state index is -2.86. The maximum Gasteiger partial charge on any atom is 0.182 e. The lowest BCUT2D eigenvalue weighted by Crippen LogP contribution is -2.29. The van der Waals surface area contributed by atoms with Crippen molar-refractivity contribution in [2.75, 3.05) is 11.1 Å². The normalized spacial score (nSPS) is 30.4. The van der Waals surface area contributed by atoms with Crippen molar-refractivity contribution in [2.45, 2.75) is 24.6 Å². The van der Waals surface area contributed by atoms with Crippen LogP contribution in [0.5, 0.6) is 0 Å². The predicted molar refractivity (Wildman–Crippen MR) is 57.4 cm³/mol. The number of nitrogens with zero attached hydrogens (tertiary/aromatic N) is 1. The fraction of sp³-hybridized carbons (Fsp3) is 0.625. The molecule has 0 aliphatic carbocycles. The second-order valence-corrected chi connectivity index (χ2v) is 6.82. The van der Waals surface area contributed by atoms with Crippen LogP contribution in [-0.2, 0) is 9.84 Å². The van der Waals surface area contributed by atoms with E-state index in [1.54, 1.807) is 13.1 Å². The molecule has 1 aromatic rings. The van der Waals surface area contributed by atoms with Gasteiger partial charge in [0.1, 0.15) is 0 Å². The number of aromatic nitrogens is 1. The standard InChI is InChI=1S/C8H12N2O2S2/c1-6-7(2-5-14(6,11)12)10-8-9-3-4-13-8/h3-4,6-7H,2,5H2,1H3,(H,9,10). The fourth-order valence-corrected chi connectivity index (χ4v) is 3.86. The second-order valence-electron chi connectivity index (χ2n) is 3.45. The summed E-state index contributed by atoms with van der Waals surface area (Å²) in [5.74, 6) is 0.289. The van der Waals surface area contributed by atoms with Crippen LogP contribution in [-0.4, -0.2) is 30.4 Å². The van der Waals surface area contributed by atoms with E-state index in [0.29, 0.717) is 6.42 Å². The average molecular weight is 232 g/mol. The molecule has 2 heterocycles. The quantitative estimate of drug-likeness (QED) is 0.830. The fourth-order valence-electron chi connectivity index (χ4n) is 1.60. The van der Waals surface area contributed by atoms with Crippen LogP contribution in [0, 0.1) is 0 Å². The lowest BCUT2D eigenvalue weighted by molar-refractivity contribution is 0.590. The molecule has 0 amide bonds. The molecule has 2 atom stereocenters. The van der Waals surface area contributed by atoms with E-state index in [1.807, 2.05) is 5.38 Å². The van der Waals surface area contributed by atoms with E-state index in [1.165, 1.54) is 11.3 Å². The lowest BCUT2D eigenvalue weighted by atomic mass is 10.2. The first-order valence-corrected chi connectivity index (χ1v) is 7.07. The molecule has 6 heteroatoms. The van der Waals surface area contributed by atoms with Crippen molar-refractivity contribution >= 4 is 26.3 Å². The molecule has 78 valence electrons. The van der Waals surface area contributed by atoms with Gasteiger partial charge in [0.2, 0.25) is 0 Å². The van der Waals surface area contributed by atoms with Crippen LogP contribution < -0.4 is 5.32 Å². The molecule has 2 rings (SSSR count). The summed E-state index contributed by atoms with van der Waals surface area (Å²) < 4.78 is 22.9. The number of anilines is 1. The average Bonchev–Trinajstić information content (AvgIpc) is 2.70. The third kappa shape index (κ3) is 1.76. The largest absolute Gasteiger partial charge is 0.357 e. The molecule has 1 aromatic heterocycles. The Morgan fingerprint density at radius 3 is 2.93 bits per heavy atom. The highest BCUT2D eigenvalue weighted by Gasteiger charge is 2.36. The molecule has 1 fully saturated rings. The zero-order chi connectivity index (χ0) is 10.2. The molecule has 0 bridgehead atoms. The van der Waals surface area contributed by atoms with Crippen molar-refractivity contribution in [3.63, 3.8) is 0 Å². The molecule has 14 heavy (non-hydrogen) atoms. The monoisotopic (exact) mass is 232 g/mol. The molecule has 1 aliphatic rings. The van der Waals surface area contributed by atoms with E-state index in [-0.39, 0.29) is 17.0 Å². The van der Waals surface area contributed by atoms with Crippen molar-refractivity contribution in [3.05, 3.63) is 11.6 Å². The van der Waals surface area contributed by atoms with Crippen molar-refractivity contribution in [3.8, 4) is 0 Å². The number of rotatable bonds is 2. The Balaban J connectivity index is 2.08. The van der Waals surface area contributed by atoms with Crippen LogP contribution in [0.15, 0.2) is 11.6 Å². The van der Waals surface area contributed by atoms with Gasteiger partial charge in [-0.1, -0.05) is 0 Å². The molecule has 4 nitrogen and oxygen atoms in total. The summed E-state index contributed by atoms with van der Waals surface area (Å²) in [6.07, 6.45) is 2.39. The van der Waals surface area contributed by atoms with E-state index in [9.17, 15) is 8.42 Å². The van der Waals surface area contributed by atoms with Gasteiger partial charge in [0, 0.05) is 17.6 Å². The first-order valence-electron chi connectivity index (χ1n) is 4.47. The van der Waals surface area contributed by atoms with Gasteiger partial charge in [0.05, 0.1) is 11.0 Å². The Labute approximate surface area is 87.3 Å². The summed E-state index contributed by atoms with van der Waals surface area (Å²) in [7, 11) is -2.86. The van der Waals surface area contributed by atoms with Crippen LogP contribution in [0.4, 0.5) is 5.13 Å². The Kier molecular flexibility index (Phi) is 2.48. The minimum absolute atomic E-state index is 0.0196. The minimum Gasteiger partial charge on any atom is -0.357 e. The van der Waals surface area contributed by atoms with Gasteiger partial charge < -0.3 is 5.32 Å². The number of thiazole rings is 1. The van der Waals surface area contributed by atoms with Gasteiger partial charge in [-0.15, -0.1) is 11.3 Å². The van der Waals surface area contributed by atoms with E-state index in [4.69, 9.17) is 0 Å². The van der Waals surface area contributed by atoms with Crippen LogP contribution in [0.1, 0.15) is 13.3 Å². The molecular weight excluding hydrogens is 220 g/mol. The second kappa shape index (κ2) is 3.51. The molecule has 0 spiro atoms. The first-order chi connectivity index (χ1) is 6.59. The molecule has 0 aromatic carbocycles. The topological polar surface area (TPSA) is 59.1 Å². The maximum atomic E-state index is 11.4. The summed E-state index contributed by atoms with van der Waals surface area (Å²) >= 11 is 1.49. The summed E-state index contributed by atoms with van der Waals surface area (Å²) in [5.41, 5.74) is 0. The third-order valence-electron chi connectivity index (χ3n) is 2.59. The van der Waals surface area contributed by atoms with Gasteiger partial charge in [-0.25, -0.2) is 13.4 Å². The van der Waals surface area contributed by atoms with Gasteiger partial charge in [-0.05, 0) is 13.3 Å². The highest BCUT2D eigenvalue weighted by atomic mass is 32.2. The highest BCUT2D eigenvalue weighted by molar-refractivity contribution is 7.92. The number of nitrogens with one attached hydrogen (secondary N) is 1. The van der Waals surface area contributed by atoms with Gasteiger partial charge in [-0.3, -0.25) is 0 Å². The number of hydrogen-bond acceptors (Lipinski definition) is 5. The van der Waals surface area contributed by atoms with Crippen LogP contribution in [0.25, 0.3) is 0 Å². The van der Waals surface area contributed by atoms with Gasteiger partial charge >= 0.3 is 0 Å². The van der Waals surface area contributed by atoms with Crippen molar-refractivity contribution < 1.29 is 8.42 Å². The Bertz CT molecular complexity index is 399. The number of hydrogen-bond donors (Lipinski definition) is 1. The maximum absolute atomic E-state index is 11.4. The number of sulfone groups is 1. The van der Waals surface area contributed by atoms with Crippen LogP contribution in [0.3, 0.4) is 0 Å².